The number of halogens is 1. The molecule has 1 amide bonds. The molecule has 1 aliphatic heterocycles. The lowest BCUT2D eigenvalue weighted by Gasteiger charge is -2.31. The minimum atomic E-state index is -3.31. The molecule has 0 aliphatic carbocycles. The standard InChI is InChI=1S/C21H19FN4O3S3/c1-32(28,29)13-7-8-15-17(10-13)30-20(23-15)25-19(27)12-4-3-9-26(11-12)21-24-18-14(22)5-2-6-16(18)31-21/h2,5-8,10,12H,3-4,9,11H2,1H3,(H,23,25,27). The van der Waals surface area contributed by atoms with Crippen molar-refractivity contribution in [2.75, 3.05) is 29.6 Å². The Morgan fingerprint density at radius 1 is 1.19 bits per heavy atom. The average molecular weight is 491 g/mol. The average Bonchev–Trinajstić information content (AvgIpc) is 3.37. The molecule has 4 aromatic rings. The first-order valence-electron chi connectivity index (χ1n) is 9.99. The Kier molecular flexibility index (Phi) is 5.34. The number of hydrogen-bond donors (Lipinski definition) is 1. The Morgan fingerprint density at radius 2 is 2.03 bits per heavy atom. The third-order valence-corrected chi connectivity index (χ3v) is 8.56. The van der Waals surface area contributed by atoms with Crippen molar-refractivity contribution in [2.24, 2.45) is 5.92 Å². The van der Waals surface area contributed by atoms with Crippen molar-refractivity contribution < 1.29 is 17.6 Å². The van der Waals surface area contributed by atoms with Gasteiger partial charge in [-0.15, -0.1) is 0 Å². The number of rotatable bonds is 4. The highest BCUT2D eigenvalue weighted by Gasteiger charge is 2.28. The Labute approximate surface area is 191 Å². The van der Waals surface area contributed by atoms with Crippen molar-refractivity contribution in [1.29, 1.82) is 0 Å². The number of nitrogens with zero attached hydrogens (tertiary/aromatic N) is 3. The summed E-state index contributed by atoms with van der Waals surface area (Å²) in [5.41, 5.74) is 1.00. The number of amides is 1. The van der Waals surface area contributed by atoms with Gasteiger partial charge in [0.1, 0.15) is 11.3 Å². The van der Waals surface area contributed by atoms with E-state index in [1.165, 1.54) is 34.8 Å². The van der Waals surface area contributed by atoms with E-state index < -0.39 is 9.84 Å². The lowest BCUT2D eigenvalue weighted by Crippen LogP contribution is -2.40. The maximum atomic E-state index is 14.0. The molecule has 0 spiro atoms. The van der Waals surface area contributed by atoms with E-state index in [2.05, 4.69) is 15.3 Å². The number of fused-ring (bicyclic) bond motifs is 2. The maximum Gasteiger partial charge on any atom is 0.231 e. The number of benzene rings is 2. The molecule has 1 N–H and O–H groups in total. The Balaban J connectivity index is 1.32. The van der Waals surface area contributed by atoms with E-state index in [0.29, 0.717) is 27.4 Å². The number of anilines is 2. The highest BCUT2D eigenvalue weighted by Crippen LogP contribution is 2.33. The SMILES string of the molecule is CS(=O)(=O)c1ccc2nc(NC(=O)C3CCCN(c4nc5c(F)cccc5s4)C3)sc2c1. The Hall–Kier alpha value is -2.63. The molecule has 0 saturated carbocycles. The number of carbonyl (C=O) groups excluding carboxylic acids is 1. The molecule has 1 unspecified atom stereocenters. The zero-order valence-corrected chi connectivity index (χ0v) is 19.5. The van der Waals surface area contributed by atoms with Crippen molar-refractivity contribution in [3.63, 3.8) is 0 Å². The summed E-state index contributed by atoms with van der Waals surface area (Å²) in [6.07, 6.45) is 2.73. The third kappa shape index (κ3) is 4.07. The monoisotopic (exact) mass is 490 g/mol. The summed E-state index contributed by atoms with van der Waals surface area (Å²) >= 11 is 2.67. The van der Waals surface area contributed by atoms with E-state index in [1.807, 2.05) is 11.0 Å². The molecule has 2 aromatic heterocycles. The lowest BCUT2D eigenvalue weighted by molar-refractivity contribution is -0.120. The molecule has 1 atom stereocenters. The van der Waals surface area contributed by atoms with Crippen LogP contribution >= 0.6 is 22.7 Å². The van der Waals surface area contributed by atoms with Crippen LogP contribution in [0.5, 0.6) is 0 Å². The number of carbonyl (C=O) groups is 1. The smallest absolute Gasteiger partial charge is 0.231 e. The summed E-state index contributed by atoms with van der Waals surface area (Å²) in [5.74, 6) is -0.727. The molecule has 1 aliphatic rings. The van der Waals surface area contributed by atoms with Crippen LogP contribution in [0.1, 0.15) is 12.8 Å². The minimum Gasteiger partial charge on any atom is -0.347 e. The quantitative estimate of drug-likeness (QED) is 0.459. The van der Waals surface area contributed by atoms with Gasteiger partial charge in [-0.1, -0.05) is 28.7 Å². The zero-order valence-electron chi connectivity index (χ0n) is 17.0. The highest BCUT2D eigenvalue weighted by molar-refractivity contribution is 7.90. The summed E-state index contributed by atoms with van der Waals surface area (Å²) in [4.78, 5) is 24.1. The van der Waals surface area contributed by atoms with Crippen molar-refractivity contribution in [2.45, 2.75) is 17.7 Å². The molecule has 11 heteroatoms. The number of para-hydroxylation sites is 1. The van der Waals surface area contributed by atoms with Gasteiger partial charge in [0.2, 0.25) is 5.91 Å². The fourth-order valence-corrected chi connectivity index (χ4v) is 6.44. The minimum absolute atomic E-state index is 0.135. The van der Waals surface area contributed by atoms with E-state index in [1.54, 1.807) is 18.2 Å². The molecule has 5 rings (SSSR count). The molecule has 3 heterocycles. The Morgan fingerprint density at radius 3 is 2.81 bits per heavy atom. The molecular formula is C21H19FN4O3S3. The summed E-state index contributed by atoms with van der Waals surface area (Å²) in [7, 11) is -3.31. The van der Waals surface area contributed by atoms with Gasteiger partial charge in [0, 0.05) is 19.3 Å². The van der Waals surface area contributed by atoms with Crippen LogP contribution in [0.4, 0.5) is 14.7 Å². The molecule has 7 nitrogen and oxygen atoms in total. The number of sulfone groups is 1. The van der Waals surface area contributed by atoms with Gasteiger partial charge in [-0.25, -0.2) is 22.8 Å². The fourth-order valence-electron chi connectivity index (χ4n) is 3.80. The number of piperidine rings is 1. The zero-order chi connectivity index (χ0) is 22.5. The number of hydrogen-bond acceptors (Lipinski definition) is 8. The van der Waals surface area contributed by atoms with Crippen molar-refractivity contribution >= 4 is 69.1 Å². The molecule has 32 heavy (non-hydrogen) atoms. The maximum absolute atomic E-state index is 14.0. The normalized spacial score (nSPS) is 17.2. The van der Waals surface area contributed by atoms with Gasteiger partial charge in [-0.2, -0.15) is 0 Å². The van der Waals surface area contributed by atoms with E-state index in [9.17, 15) is 17.6 Å². The van der Waals surface area contributed by atoms with Gasteiger partial charge in [-0.3, -0.25) is 4.79 Å². The van der Waals surface area contributed by atoms with Crippen molar-refractivity contribution in [3.8, 4) is 0 Å². The van der Waals surface area contributed by atoms with Crippen molar-refractivity contribution in [1.82, 2.24) is 9.97 Å². The Bertz CT molecular complexity index is 1450. The van der Waals surface area contributed by atoms with Gasteiger partial charge in [0.25, 0.3) is 0 Å². The van der Waals surface area contributed by atoms with E-state index in [0.717, 1.165) is 35.5 Å². The molecule has 0 radical (unpaired) electrons. The predicted octanol–water partition coefficient (Wildman–Crippen LogP) is 4.30. The predicted molar refractivity (Wildman–Crippen MR) is 126 cm³/mol. The first-order valence-corrected chi connectivity index (χ1v) is 13.5. The van der Waals surface area contributed by atoms with Crippen LogP contribution in [0.3, 0.4) is 0 Å². The topological polar surface area (TPSA) is 92.3 Å². The van der Waals surface area contributed by atoms with Crippen LogP contribution in [0, 0.1) is 11.7 Å². The van der Waals surface area contributed by atoms with Gasteiger partial charge < -0.3 is 10.2 Å². The van der Waals surface area contributed by atoms with E-state index in [-0.39, 0.29) is 22.5 Å². The summed E-state index contributed by atoms with van der Waals surface area (Å²) < 4.78 is 39.1. The second-order valence-corrected chi connectivity index (χ2v) is 11.8. The van der Waals surface area contributed by atoms with Crippen LogP contribution < -0.4 is 10.2 Å². The van der Waals surface area contributed by atoms with Gasteiger partial charge >= 0.3 is 0 Å². The van der Waals surface area contributed by atoms with Crippen LogP contribution in [-0.2, 0) is 14.6 Å². The van der Waals surface area contributed by atoms with E-state index >= 15 is 0 Å². The number of thiazole rings is 2. The second-order valence-electron chi connectivity index (χ2n) is 7.78. The van der Waals surface area contributed by atoms with Gasteiger partial charge in [0.05, 0.1) is 25.7 Å². The molecule has 0 bridgehead atoms. The van der Waals surface area contributed by atoms with Gasteiger partial charge in [-0.05, 0) is 43.2 Å². The molecule has 166 valence electrons. The number of nitrogens with one attached hydrogen (secondary N) is 1. The van der Waals surface area contributed by atoms with E-state index in [4.69, 9.17) is 0 Å². The summed E-state index contributed by atoms with van der Waals surface area (Å²) in [5, 5.41) is 4.04. The highest BCUT2D eigenvalue weighted by atomic mass is 32.2. The molecule has 1 saturated heterocycles. The second kappa shape index (κ2) is 8.05. The lowest BCUT2D eigenvalue weighted by atomic mass is 9.97. The van der Waals surface area contributed by atoms with Crippen molar-refractivity contribution in [3.05, 3.63) is 42.2 Å². The number of aromatic nitrogens is 2. The van der Waals surface area contributed by atoms with Crippen LogP contribution in [0.2, 0.25) is 0 Å². The summed E-state index contributed by atoms with van der Waals surface area (Å²) in [6.45, 7) is 1.26. The summed E-state index contributed by atoms with van der Waals surface area (Å²) in [6, 6.07) is 9.65. The third-order valence-electron chi connectivity index (χ3n) is 5.44. The first kappa shape index (κ1) is 21.2. The first-order chi connectivity index (χ1) is 15.3. The van der Waals surface area contributed by atoms with Crippen LogP contribution in [-0.4, -0.2) is 43.6 Å². The van der Waals surface area contributed by atoms with Crippen LogP contribution in [0.25, 0.3) is 20.4 Å². The molecular weight excluding hydrogens is 471 g/mol. The van der Waals surface area contributed by atoms with Gasteiger partial charge in [0.15, 0.2) is 20.1 Å². The largest absolute Gasteiger partial charge is 0.347 e. The fraction of sp³-hybridized carbons (Fsp3) is 0.286. The van der Waals surface area contributed by atoms with Crippen LogP contribution in [0.15, 0.2) is 41.3 Å². The molecule has 2 aromatic carbocycles. The molecule has 1 fully saturated rings.